The third-order valence-electron chi connectivity index (χ3n) is 1.90. The van der Waals surface area contributed by atoms with Gasteiger partial charge < -0.3 is 21.7 Å². The summed E-state index contributed by atoms with van der Waals surface area (Å²) in [5.74, 6) is -0.200. The second-order valence-corrected chi connectivity index (χ2v) is 5.63. The number of hydrogen-bond donors (Lipinski definition) is 4. The van der Waals surface area contributed by atoms with Crippen molar-refractivity contribution in [2.45, 2.75) is 24.9 Å². The van der Waals surface area contributed by atoms with Crippen LogP contribution in [0.25, 0.3) is 0 Å². The van der Waals surface area contributed by atoms with E-state index in [-0.39, 0.29) is 0 Å². The molecule has 0 aliphatic carbocycles. The summed E-state index contributed by atoms with van der Waals surface area (Å²) in [6.45, 7) is 0. The SMILES string of the molecule is CSCC[C@H](N)C(=O)O.CSCC[C@H](N)C(=O)O.O=S=O. The molecule has 0 radical (unpaired) electrons. The van der Waals surface area contributed by atoms with Crippen molar-refractivity contribution in [3.63, 3.8) is 0 Å². The van der Waals surface area contributed by atoms with Crippen molar-refractivity contribution < 1.29 is 28.2 Å². The number of thioether (sulfide) groups is 2. The van der Waals surface area contributed by atoms with Crippen molar-refractivity contribution in [3.05, 3.63) is 0 Å². The Hall–Kier alpha value is -0.620. The van der Waals surface area contributed by atoms with Gasteiger partial charge in [-0.25, -0.2) is 0 Å². The number of rotatable bonds is 8. The smallest absolute Gasteiger partial charge is 0.335 e. The number of carbonyl (C=O) groups is 2. The maximum absolute atomic E-state index is 10.1. The summed E-state index contributed by atoms with van der Waals surface area (Å²) in [5.41, 5.74) is 10.4. The van der Waals surface area contributed by atoms with Crippen LogP contribution in [0.1, 0.15) is 12.8 Å². The molecule has 8 nitrogen and oxygen atoms in total. The summed E-state index contributed by atoms with van der Waals surface area (Å²) in [5, 5.41) is 16.5. The highest BCUT2D eigenvalue weighted by Crippen LogP contribution is 1.98. The van der Waals surface area contributed by atoms with E-state index in [9.17, 15) is 9.59 Å². The van der Waals surface area contributed by atoms with Gasteiger partial charge in [-0.1, -0.05) is 0 Å². The van der Waals surface area contributed by atoms with E-state index in [1.54, 1.807) is 23.5 Å². The summed E-state index contributed by atoms with van der Waals surface area (Å²) in [7, 11) is 0. The molecule has 0 aromatic rings. The Kier molecular flexibility index (Phi) is 23.4. The number of aliphatic carboxylic acids is 2. The minimum atomic E-state index is -0.913. The highest BCUT2D eigenvalue weighted by atomic mass is 32.2. The Morgan fingerprint density at radius 2 is 1.14 bits per heavy atom. The Balaban J connectivity index is -0.000000260. The summed E-state index contributed by atoms with van der Waals surface area (Å²) in [6.07, 6.45) is 4.95. The number of carboxylic acids is 2. The van der Waals surface area contributed by atoms with Crippen molar-refractivity contribution in [3.8, 4) is 0 Å². The van der Waals surface area contributed by atoms with Crippen LogP contribution in [0.5, 0.6) is 0 Å². The van der Waals surface area contributed by atoms with Gasteiger partial charge in [0, 0.05) is 0 Å². The topological polar surface area (TPSA) is 161 Å². The zero-order valence-corrected chi connectivity index (χ0v) is 14.3. The molecule has 0 heterocycles. The summed E-state index contributed by atoms with van der Waals surface area (Å²) in [6, 6.07) is -1.37. The molecule has 126 valence electrons. The van der Waals surface area contributed by atoms with E-state index < -0.39 is 35.6 Å². The lowest BCUT2D eigenvalue weighted by atomic mass is 10.2. The molecule has 2 atom stereocenters. The minimum Gasteiger partial charge on any atom is -0.480 e. The molecule has 0 spiro atoms. The van der Waals surface area contributed by atoms with Crippen LogP contribution in [-0.4, -0.2) is 66.7 Å². The van der Waals surface area contributed by atoms with Crippen molar-refractivity contribution in [2.24, 2.45) is 11.5 Å². The zero-order valence-electron chi connectivity index (χ0n) is 11.9. The first-order chi connectivity index (χ1) is 9.78. The van der Waals surface area contributed by atoms with Gasteiger partial charge in [0.05, 0.1) is 0 Å². The number of hydrogen-bond acceptors (Lipinski definition) is 8. The Morgan fingerprint density at radius 3 is 1.29 bits per heavy atom. The van der Waals surface area contributed by atoms with E-state index in [1.807, 2.05) is 12.5 Å². The van der Waals surface area contributed by atoms with Crippen LogP contribution in [0.4, 0.5) is 0 Å². The fourth-order valence-electron chi connectivity index (χ4n) is 0.737. The predicted molar refractivity (Wildman–Crippen MR) is 86.1 cm³/mol. The van der Waals surface area contributed by atoms with Gasteiger partial charge in [0.15, 0.2) is 0 Å². The molecule has 11 heteroatoms. The molecule has 0 rings (SSSR count). The fourth-order valence-corrected chi connectivity index (χ4v) is 1.72. The van der Waals surface area contributed by atoms with Crippen LogP contribution in [0.15, 0.2) is 0 Å². The first-order valence-electron chi connectivity index (χ1n) is 5.64. The molecule has 0 fully saturated rings. The minimum absolute atomic E-state index is 0.552. The highest BCUT2D eigenvalue weighted by molar-refractivity contribution is 7.98. The zero-order chi connectivity index (χ0) is 17.3. The molecule has 0 bridgehead atoms. The fraction of sp³-hybridized carbons (Fsp3) is 0.800. The molecule has 0 amide bonds. The van der Waals surface area contributed by atoms with Crippen molar-refractivity contribution in [1.82, 2.24) is 0 Å². The van der Waals surface area contributed by atoms with Crippen molar-refractivity contribution >= 4 is 47.0 Å². The average Bonchev–Trinajstić information content (AvgIpc) is 2.43. The molecule has 0 aliphatic heterocycles. The van der Waals surface area contributed by atoms with Gasteiger partial charge in [-0.2, -0.15) is 31.9 Å². The third kappa shape index (κ3) is 24.7. The Morgan fingerprint density at radius 1 is 0.905 bits per heavy atom. The molecule has 0 saturated carbocycles. The lowest BCUT2D eigenvalue weighted by Crippen LogP contribution is -2.30. The van der Waals surface area contributed by atoms with Gasteiger partial charge in [-0.05, 0) is 36.9 Å². The monoisotopic (exact) mass is 362 g/mol. The second kappa shape index (κ2) is 19.4. The van der Waals surface area contributed by atoms with Gasteiger partial charge in [-0.3, -0.25) is 9.59 Å². The van der Waals surface area contributed by atoms with Crippen LogP contribution >= 0.6 is 23.5 Å². The van der Waals surface area contributed by atoms with Crippen molar-refractivity contribution in [2.75, 3.05) is 24.0 Å². The van der Waals surface area contributed by atoms with Gasteiger partial charge >= 0.3 is 23.5 Å². The molecule has 0 saturated heterocycles. The average molecular weight is 362 g/mol. The van der Waals surface area contributed by atoms with Gasteiger partial charge in [0.1, 0.15) is 12.1 Å². The molecular formula is C10H22N2O6S3. The lowest BCUT2D eigenvalue weighted by molar-refractivity contribution is -0.139. The van der Waals surface area contributed by atoms with Crippen LogP contribution < -0.4 is 11.5 Å². The maximum atomic E-state index is 10.1. The van der Waals surface area contributed by atoms with E-state index in [2.05, 4.69) is 0 Å². The largest absolute Gasteiger partial charge is 0.480 e. The van der Waals surface area contributed by atoms with E-state index in [1.165, 1.54) is 0 Å². The van der Waals surface area contributed by atoms with Crippen LogP contribution in [0.3, 0.4) is 0 Å². The normalized spacial score (nSPS) is 11.8. The van der Waals surface area contributed by atoms with Crippen molar-refractivity contribution in [1.29, 1.82) is 0 Å². The number of carboxylic acid groups (broad SMARTS) is 2. The molecule has 21 heavy (non-hydrogen) atoms. The quantitative estimate of drug-likeness (QED) is 0.448. The van der Waals surface area contributed by atoms with Gasteiger partial charge in [0.25, 0.3) is 0 Å². The summed E-state index contributed by atoms with van der Waals surface area (Å²) >= 11 is 2.46. The summed E-state index contributed by atoms with van der Waals surface area (Å²) in [4.78, 5) is 20.1. The van der Waals surface area contributed by atoms with Gasteiger partial charge in [-0.15, -0.1) is 0 Å². The Labute approximate surface area is 136 Å². The molecular weight excluding hydrogens is 340 g/mol. The standard InChI is InChI=1S/2C5H11NO2S.O2S/c2*1-9-3-2-4(6)5(7)8;1-3-2/h2*4H,2-3,6H2,1H3,(H,7,8);/t2*4-;/m00./s1. The first kappa shape index (κ1) is 25.3. The molecule has 0 unspecified atom stereocenters. The van der Waals surface area contributed by atoms with E-state index in [0.29, 0.717) is 12.8 Å². The van der Waals surface area contributed by atoms with Crippen LogP contribution in [-0.2, 0) is 21.2 Å². The lowest BCUT2D eigenvalue weighted by Gasteiger charge is -2.02. The van der Waals surface area contributed by atoms with Gasteiger partial charge in [0.2, 0.25) is 0 Å². The second-order valence-electron chi connectivity index (χ2n) is 3.52. The van der Waals surface area contributed by atoms with Crippen LogP contribution in [0, 0.1) is 0 Å². The first-order valence-corrected chi connectivity index (χ1v) is 9.10. The molecule has 0 aromatic heterocycles. The Bertz CT molecular complexity index is 289. The predicted octanol–water partition coefficient (Wildman–Crippen LogP) is -0.367. The molecule has 0 aliphatic rings. The summed E-state index contributed by atoms with van der Waals surface area (Å²) < 4.78 is 16.6. The maximum Gasteiger partial charge on any atom is 0.335 e. The van der Waals surface area contributed by atoms with E-state index in [4.69, 9.17) is 30.1 Å². The van der Waals surface area contributed by atoms with Crippen LogP contribution in [0.2, 0.25) is 0 Å². The van der Waals surface area contributed by atoms with E-state index >= 15 is 0 Å². The highest BCUT2D eigenvalue weighted by Gasteiger charge is 2.09. The molecule has 6 N–H and O–H groups in total. The third-order valence-corrected chi connectivity index (χ3v) is 3.19. The molecule has 0 aromatic carbocycles. The number of nitrogens with two attached hydrogens (primary N) is 2. The van der Waals surface area contributed by atoms with E-state index in [0.717, 1.165) is 11.5 Å².